The number of cyclic esters (lactones) is 1. The fourth-order valence-electron chi connectivity index (χ4n) is 3.99. The fraction of sp³-hybridized carbons (Fsp3) is 0.400. The van der Waals surface area contributed by atoms with Gasteiger partial charge < -0.3 is 19.7 Å². The highest BCUT2D eigenvalue weighted by atomic mass is 19.1. The normalized spacial score (nSPS) is 20.4. The molecule has 0 radical (unpaired) electrons. The van der Waals surface area contributed by atoms with Gasteiger partial charge in [0.25, 0.3) is 0 Å². The van der Waals surface area contributed by atoms with E-state index in [4.69, 9.17) is 9.47 Å². The van der Waals surface area contributed by atoms with Crippen molar-refractivity contribution in [2.75, 3.05) is 31.6 Å². The minimum atomic E-state index is -0.883. The zero-order chi connectivity index (χ0) is 24.2. The molecule has 2 heterocycles. The van der Waals surface area contributed by atoms with Crippen LogP contribution in [-0.2, 0) is 25.6 Å². The first kappa shape index (κ1) is 23.7. The largest absolute Gasteiger partial charge is 0.438 e. The van der Waals surface area contributed by atoms with Gasteiger partial charge in [-0.05, 0) is 35.4 Å². The Kier molecular flexibility index (Phi) is 7.12. The molecular weight excluding hydrogens is 441 g/mol. The van der Waals surface area contributed by atoms with E-state index >= 15 is 0 Å². The van der Waals surface area contributed by atoms with Crippen LogP contribution in [0.25, 0.3) is 0 Å². The van der Waals surface area contributed by atoms with E-state index in [0.717, 1.165) is 0 Å². The molecule has 1 N–H and O–H groups in total. The van der Waals surface area contributed by atoms with Gasteiger partial charge in [-0.2, -0.15) is 0 Å². The lowest BCUT2D eigenvalue weighted by Gasteiger charge is -2.32. The van der Waals surface area contributed by atoms with Crippen molar-refractivity contribution in [1.82, 2.24) is 9.80 Å². The Balaban J connectivity index is 1.60. The SMILES string of the molecule is CC(C)C(=O)Nc1ccc(C2OC(=O)N(Cc3ccc(F)cc3)C2C(=O)N2CCOCC2)cc1. The van der Waals surface area contributed by atoms with E-state index in [1.54, 1.807) is 55.1 Å². The van der Waals surface area contributed by atoms with Crippen LogP contribution in [0.1, 0.15) is 31.1 Å². The Labute approximate surface area is 197 Å². The molecule has 2 aromatic carbocycles. The molecule has 9 heteroatoms. The molecule has 180 valence electrons. The quantitative estimate of drug-likeness (QED) is 0.701. The van der Waals surface area contributed by atoms with Crippen molar-refractivity contribution in [1.29, 1.82) is 0 Å². The summed E-state index contributed by atoms with van der Waals surface area (Å²) in [4.78, 5) is 41.5. The lowest BCUT2D eigenvalue weighted by molar-refractivity contribution is -0.141. The summed E-state index contributed by atoms with van der Waals surface area (Å²) in [6.07, 6.45) is -1.43. The number of nitrogens with one attached hydrogen (secondary N) is 1. The minimum Gasteiger partial charge on any atom is -0.438 e. The first-order valence-corrected chi connectivity index (χ1v) is 11.3. The van der Waals surface area contributed by atoms with Crippen molar-refractivity contribution in [2.45, 2.75) is 32.5 Å². The van der Waals surface area contributed by atoms with E-state index < -0.39 is 18.2 Å². The Bertz CT molecular complexity index is 1040. The number of rotatable bonds is 6. The first-order valence-electron chi connectivity index (χ1n) is 11.3. The maximum absolute atomic E-state index is 13.6. The van der Waals surface area contributed by atoms with Crippen molar-refractivity contribution < 1.29 is 28.2 Å². The first-order chi connectivity index (χ1) is 16.3. The predicted molar refractivity (Wildman–Crippen MR) is 122 cm³/mol. The van der Waals surface area contributed by atoms with E-state index in [1.165, 1.54) is 17.0 Å². The summed E-state index contributed by atoms with van der Waals surface area (Å²) in [6, 6.07) is 11.9. The number of ether oxygens (including phenoxy) is 2. The number of halogens is 1. The molecule has 0 bridgehead atoms. The van der Waals surface area contributed by atoms with Crippen molar-refractivity contribution >= 4 is 23.6 Å². The molecule has 2 saturated heterocycles. The minimum absolute atomic E-state index is 0.106. The molecule has 8 nitrogen and oxygen atoms in total. The third-order valence-electron chi connectivity index (χ3n) is 5.96. The van der Waals surface area contributed by atoms with Crippen molar-refractivity contribution in [3.63, 3.8) is 0 Å². The van der Waals surface area contributed by atoms with E-state index in [0.29, 0.717) is 43.1 Å². The molecule has 0 saturated carbocycles. The number of amides is 3. The molecule has 2 aliphatic rings. The van der Waals surface area contributed by atoms with Crippen LogP contribution in [0.15, 0.2) is 48.5 Å². The number of morpholine rings is 1. The van der Waals surface area contributed by atoms with Crippen LogP contribution in [0.5, 0.6) is 0 Å². The number of nitrogens with zero attached hydrogens (tertiary/aromatic N) is 2. The number of anilines is 1. The second kappa shape index (κ2) is 10.2. The molecular formula is C25H28FN3O5. The summed E-state index contributed by atoms with van der Waals surface area (Å²) < 4.78 is 24.4. The molecule has 0 spiro atoms. The van der Waals surface area contributed by atoms with Gasteiger partial charge in [0, 0.05) is 24.7 Å². The standard InChI is InChI=1S/C25H28FN3O5/c1-16(2)23(30)27-20-9-5-18(6-10-20)22-21(24(31)28-11-13-33-14-12-28)29(25(32)34-22)15-17-3-7-19(26)8-4-17/h3-10,16,21-22H,11-15H2,1-2H3,(H,27,30). The molecule has 4 rings (SSSR count). The van der Waals surface area contributed by atoms with Gasteiger partial charge in [-0.15, -0.1) is 0 Å². The third-order valence-corrected chi connectivity index (χ3v) is 5.96. The highest BCUT2D eigenvalue weighted by Crippen LogP contribution is 2.35. The molecule has 0 aromatic heterocycles. The van der Waals surface area contributed by atoms with Crippen LogP contribution in [0.4, 0.5) is 14.9 Å². The van der Waals surface area contributed by atoms with Crippen molar-refractivity contribution in [3.05, 3.63) is 65.5 Å². The summed E-state index contributed by atoms with van der Waals surface area (Å²) in [7, 11) is 0. The average Bonchev–Trinajstić information content (AvgIpc) is 3.16. The number of hydrogen-bond donors (Lipinski definition) is 1. The maximum atomic E-state index is 13.6. The van der Waals surface area contributed by atoms with Crippen LogP contribution in [0.2, 0.25) is 0 Å². The number of benzene rings is 2. The van der Waals surface area contributed by atoms with Gasteiger partial charge in [0.1, 0.15) is 5.82 Å². The van der Waals surface area contributed by atoms with E-state index in [9.17, 15) is 18.8 Å². The maximum Gasteiger partial charge on any atom is 0.411 e. The Morgan fingerprint density at radius 1 is 1.06 bits per heavy atom. The van der Waals surface area contributed by atoms with Crippen LogP contribution in [-0.4, -0.2) is 60.1 Å². The van der Waals surface area contributed by atoms with E-state index in [2.05, 4.69) is 5.32 Å². The zero-order valence-electron chi connectivity index (χ0n) is 19.2. The monoisotopic (exact) mass is 469 g/mol. The summed E-state index contributed by atoms with van der Waals surface area (Å²) in [5, 5.41) is 2.82. The summed E-state index contributed by atoms with van der Waals surface area (Å²) in [5.41, 5.74) is 1.95. The molecule has 34 heavy (non-hydrogen) atoms. The molecule has 2 fully saturated rings. The highest BCUT2D eigenvalue weighted by Gasteiger charge is 2.48. The molecule has 2 aromatic rings. The second-order valence-corrected chi connectivity index (χ2v) is 8.71. The van der Waals surface area contributed by atoms with Gasteiger partial charge in [-0.25, -0.2) is 9.18 Å². The molecule has 2 atom stereocenters. The topological polar surface area (TPSA) is 88.2 Å². The number of hydrogen-bond acceptors (Lipinski definition) is 5. The fourth-order valence-corrected chi connectivity index (χ4v) is 3.99. The Morgan fingerprint density at radius 3 is 2.32 bits per heavy atom. The van der Waals surface area contributed by atoms with E-state index in [-0.39, 0.29) is 30.1 Å². The van der Waals surface area contributed by atoms with Gasteiger partial charge in [0.15, 0.2) is 12.1 Å². The van der Waals surface area contributed by atoms with Gasteiger partial charge in [0.2, 0.25) is 11.8 Å². The summed E-state index contributed by atoms with van der Waals surface area (Å²) >= 11 is 0. The lowest BCUT2D eigenvalue weighted by Crippen LogP contribution is -2.51. The van der Waals surface area contributed by atoms with Crippen molar-refractivity contribution in [2.24, 2.45) is 5.92 Å². The van der Waals surface area contributed by atoms with Gasteiger partial charge >= 0.3 is 6.09 Å². The molecule has 3 amide bonds. The second-order valence-electron chi connectivity index (χ2n) is 8.71. The van der Waals surface area contributed by atoms with Crippen molar-refractivity contribution in [3.8, 4) is 0 Å². The van der Waals surface area contributed by atoms with Gasteiger partial charge in [0.05, 0.1) is 19.8 Å². The van der Waals surface area contributed by atoms with Crippen LogP contribution >= 0.6 is 0 Å². The molecule has 0 aliphatic carbocycles. The third kappa shape index (κ3) is 5.20. The van der Waals surface area contributed by atoms with Gasteiger partial charge in [-0.3, -0.25) is 14.5 Å². The Hall–Kier alpha value is -3.46. The predicted octanol–water partition coefficient (Wildman–Crippen LogP) is 3.34. The lowest BCUT2D eigenvalue weighted by atomic mass is 9.99. The molecule has 2 unspecified atom stereocenters. The number of carbonyl (C=O) groups is 3. The smallest absolute Gasteiger partial charge is 0.411 e. The Morgan fingerprint density at radius 2 is 1.71 bits per heavy atom. The number of carbonyl (C=O) groups excluding carboxylic acids is 3. The van der Waals surface area contributed by atoms with Gasteiger partial charge in [-0.1, -0.05) is 38.1 Å². The van der Waals surface area contributed by atoms with Crippen LogP contribution in [0, 0.1) is 11.7 Å². The van der Waals surface area contributed by atoms with Crippen LogP contribution in [0.3, 0.4) is 0 Å². The average molecular weight is 470 g/mol. The summed E-state index contributed by atoms with van der Waals surface area (Å²) in [5.74, 6) is -0.869. The highest BCUT2D eigenvalue weighted by molar-refractivity contribution is 5.92. The summed E-state index contributed by atoms with van der Waals surface area (Å²) in [6.45, 7) is 5.44. The van der Waals surface area contributed by atoms with Crippen LogP contribution < -0.4 is 5.32 Å². The zero-order valence-corrected chi connectivity index (χ0v) is 19.2. The molecule has 2 aliphatic heterocycles. The van der Waals surface area contributed by atoms with E-state index in [1.807, 2.05) is 0 Å².